The third-order valence-electron chi connectivity index (χ3n) is 4.18. The lowest BCUT2D eigenvalue weighted by Crippen LogP contribution is -2.39. The maximum atomic E-state index is 6.64. The van der Waals surface area contributed by atoms with Crippen LogP contribution in [0.3, 0.4) is 0 Å². The molecule has 1 aliphatic carbocycles. The van der Waals surface area contributed by atoms with Crippen LogP contribution >= 0.6 is 0 Å². The van der Waals surface area contributed by atoms with E-state index >= 15 is 0 Å². The zero-order chi connectivity index (χ0) is 14.6. The standard InChI is InChI=1S/C16H25NO3/c1-18-11-12-7-8-13(15(20-3)14(12)19-2)16(17)9-5-4-6-10-16/h7-8H,4-6,9-11,17H2,1-3H3. The van der Waals surface area contributed by atoms with Gasteiger partial charge in [-0.3, -0.25) is 0 Å². The molecular weight excluding hydrogens is 254 g/mol. The van der Waals surface area contributed by atoms with Gasteiger partial charge in [-0.1, -0.05) is 31.4 Å². The number of benzene rings is 1. The van der Waals surface area contributed by atoms with Crippen LogP contribution < -0.4 is 15.2 Å². The molecule has 2 N–H and O–H groups in total. The Morgan fingerprint density at radius 1 is 1.00 bits per heavy atom. The van der Waals surface area contributed by atoms with Gasteiger partial charge in [0.05, 0.1) is 20.8 Å². The van der Waals surface area contributed by atoms with E-state index in [1.54, 1.807) is 21.3 Å². The number of hydrogen-bond donors (Lipinski definition) is 1. The van der Waals surface area contributed by atoms with Crippen molar-refractivity contribution < 1.29 is 14.2 Å². The zero-order valence-corrected chi connectivity index (χ0v) is 12.7. The molecule has 1 saturated carbocycles. The molecule has 0 spiro atoms. The number of nitrogens with two attached hydrogens (primary N) is 1. The maximum Gasteiger partial charge on any atom is 0.166 e. The highest BCUT2D eigenvalue weighted by Crippen LogP contribution is 2.44. The van der Waals surface area contributed by atoms with E-state index in [2.05, 4.69) is 6.07 Å². The van der Waals surface area contributed by atoms with Gasteiger partial charge in [0.25, 0.3) is 0 Å². The van der Waals surface area contributed by atoms with Crippen molar-refractivity contribution in [3.8, 4) is 11.5 Å². The third-order valence-corrected chi connectivity index (χ3v) is 4.18. The number of rotatable bonds is 5. The molecule has 20 heavy (non-hydrogen) atoms. The van der Waals surface area contributed by atoms with Crippen LogP contribution in [0.4, 0.5) is 0 Å². The van der Waals surface area contributed by atoms with Gasteiger partial charge in [-0.2, -0.15) is 0 Å². The molecule has 0 radical (unpaired) electrons. The van der Waals surface area contributed by atoms with Crippen LogP contribution in [0.25, 0.3) is 0 Å². The fourth-order valence-corrected chi connectivity index (χ4v) is 3.14. The van der Waals surface area contributed by atoms with Gasteiger partial charge in [0.2, 0.25) is 0 Å². The first-order valence-corrected chi connectivity index (χ1v) is 7.18. The van der Waals surface area contributed by atoms with Crippen molar-refractivity contribution in [2.24, 2.45) is 5.73 Å². The summed E-state index contributed by atoms with van der Waals surface area (Å²) >= 11 is 0. The highest BCUT2D eigenvalue weighted by atomic mass is 16.5. The summed E-state index contributed by atoms with van der Waals surface area (Å²) < 4.78 is 16.4. The summed E-state index contributed by atoms with van der Waals surface area (Å²) in [7, 11) is 5.00. The van der Waals surface area contributed by atoms with Crippen LogP contribution in [0.1, 0.15) is 43.2 Å². The first-order chi connectivity index (χ1) is 9.66. The Balaban J connectivity index is 2.47. The van der Waals surface area contributed by atoms with E-state index in [9.17, 15) is 0 Å². The first kappa shape index (κ1) is 15.1. The lowest BCUT2D eigenvalue weighted by atomic mass is 9.76. The quantitative estimate of drug-likeness (QED) is 0.900. The van der Waals surface area contributed by atoms with Gasteiger partial charge in [-0.25, -0.2) is 0 Å². The fraction of sp³-hybridized carbons (Fsp3) is 0.625. The van der Waals surface area contributed by atoms with Gasteiger partial charge in [0, 0.05) is 23.8 Å². The maximum absolute atomic E-state index is 6.64. The van der Waals surface area contributed by atoms with Crippen LogP contribution in [-0.4, -0.2) is 21.3 Å². The summed E-state index contributed by atoms with van der Waals surface area (Å²) in [5.41, 5.74) is 8.37. The van der Waals surface area contributed by atoms with Crippen molar-refractivity contribution in [3.63, 3.8) is 0 Å². The van der Waals surface area contributed by atoms with Crippen LogP contribution in [0.15, 0.2) is 12.1 Å². The molecular formula is C16H25NO3. The average Bonchev–Trinajstić information content (AvgIpc) is 2.47. The lowest BCUT2D eigenvalue weighted by molar-refractivity contribution is 0.180. The molecule has 0 saturated heterocycles. The summed E-state index contributed by atoms with van der Waals surface area (Å²) in [6.07, 6.45) is 5.59. The molecule has 0 unspecified atom stereocenters. The topological polar surface area (TPSA) is 53.7 Å². The Hall–Kier alpha value is -1.26. The molecule has 0 aromatic heterocycles. The molecule has 0 aliphatic heterocycles. The monoisotopic (exact) mass is 279 g/mol. The molecule has 0 amide bonds. The molecule has 112 valence electrons. The van der Waals surface area contributed by atoms with Gasteiger partial charge >= 0.3 is 0 Å². The molecule has 0 atom stereocenters. The highest BCUT2D eigenvalue weighted by molar-refractivity contribution is 5.54. The second kappa shape index (κ2) is 6.46. The minimum atomic E-state index is -0.303. The molecule has 1 fully saturated rings. The SMILES string of the molecule is COCc1ccc(C2(N)CCCCC2)c(OC)c1OC. The Bertz CT molecular complexity index is 453. The zero-order valence-electron chi connectivity index (χ0n) is 12.7. The van der Waals surface area contributed by atoms with Gasteiger partial charge in [-0.05, 0) is 12.8 Å². The van der Waals surface area contributed by atoms with E-state index < -0.39 is 0 Å². The molecule has 0 bridgehead atoms. The van der Waals surface area contributed by atoms with E-state index in [0.717, 1.165) is 35.5 Å². The molecule has 1 aromatic rings. The first-order valence-electron chi connectivity index (χ1n) is 7.18. The van der Waals surface area contributed by atoms with E-state index in [0.29, 0.717) is 6.61 Å². The van der Waals surface area contributed by atoms with Crippen LogP contribution in [0.5, 0.6) is 11.5 Å². The lowest BCUT2D eigenvalue weighted by Gasteiger charge is -2.35. The summed E-state index contributed by atoms with van der Waals surface area (Å²) in [5, 5.41) is 0. The van der Waals surface area contributed by atoms with Crippen molar-refractivity contribution in [3.05, 3.63) is 23.3 Å². The van der Waals surface area contributed by atoms with Crippen molar-refractivity contribution >= 4 is 0 Å². The largest absolute Gasteiger partial charge is 0.492 e. The molecule has 4 heteroatoms. The second-order valence-corrected chi connectivity index (χ2v) is 5.49. The number of ether oxygens (including phenoxy) is 3. The normalized spacial score (nSPS) is 17.8. The molecule has 1 aliphatic rings. The Labute approximate surface area is 121 Å². The third kappa shape index (κ3) is 2.76. The summed E-state index contributed by atoms with van der Waals surface area (Å²) in [4.78, 5) is 0. The predicted octanol–water partition coefficient (Wildman–Crippen LogP) is 2.97. The van der Waals surface area contributed by atoms with Crippen molar-refractivity contribution in [1.29, 1.82) is 0 Å². The van der Waals surface area contributed by atoms with E-state index in [4.69, 9.17) is 19.9 Å². The van der Waals surface area contributed by atoms with Crippen LogP contribution in [-0.2, 0) is 16.9 Å². The molecule has 4 nitrogen and oxygen atoms in total. The van der Waals surface area contributed by atoms with E-state index in [1.807, 2.05) is 6.07 Å². The minimum absolute atomic E-state index is 0.303. The molecule has 2 rings (SSSR count). The summed E-state index contributed by atoms with van der Waals surface area (Å²) in [5.74, 6) is 1.49. The number of methoxy groups -OCH3 is 3. The Morgan fingerprint density at radius 3 is 2.20 bits per heavy atom. The average molecular weight is 279 g/mol. The minimum Gasteiger partial charge on any atom is -0.492 e. The van der Waals surface area contributed by atoms with Gasteiger partial charge in [-0.15, -0.1) is 0 Å². The van der Waals surface area contributed by atoms with Crippen LogP contribution in [0, 0.1) is 0 Å². The highest BCUT2D eigenvalue weighted by Gasteiger charge is 2.33. The fourth-order valence-electron chi connectivity index (χ4n) is 3.14. The van der Waals surface area contributed by atoms with Crippen molar-refractivity contribution in [2.75, 3.05) is 21.3 Å². The summed E-state index contributed by atoms with van der Waals surface area (Å²) in [6, 6.07) is 4.10. The number of hydrogen-bond acceptors (Lipinski definition) is 4. The molecule has 0 heterocycles. The molecule has 1 aromatic carbocycles. The van der Waals surface area contributed by atoms with Crippen molar-refractivity contribution in [2.45, 2.75) is 44.2 Å². The predicted molar refractivity (Wildman–Crippen MR) is 79.2 cm³/mol. The Kier molecular flexibility index (Phi) is 4.89. The van der Waals surface area contributed by atoms with Crippen molar-refractivity contribution in [1.82, 2.24) is 0 Å². The van der Waals surface area contributed by atoms with E-state index in [-0.39, 0.29) is 5.54 Å². The smallest absolute Gasteiger partial charge is 0.166 e. The van der Waals surface area contributed by atoms with Gasteiger partial charge in [0.1, 0.15) is 0 Å². The van der Waals surface area contributed by atoms with Crippen LogP contribution in [0.2, 0.25) is 0 Å². The van der Waals surface area contributed by atoms with Gasteiger partial charge < -0.3 is 19.9 Å². The van der Waals surface area contributed by atoms with E-state index in [1.165, 1.54) is 19.3 Å². The second-order valence-electron chi connectivity index (χ2n) is 5.49. The summed E-state index contributed by atoms with van der Waals surface area (Å²) in [6.45, 7) is 0.497. The Morgan fingerprint density at radius 2 is 1.65 bits per heavy atom. The van der Waals surface area contributed by atoms with Gasteiger partial charge in [0.15, 0.2) is 11.5 Å².